The quantitative estimate of drug-likeness (QED) is 0.607. The Morgan fingerprint density at radius 1 is 1.15 bits per heavy atom. The molecule has 6 rings (SSSR count). The highest BCUT2D eigenvalue weighted by Gasteiger charge is 2.41. The maximum atomic E-state index is 11.8. The number of fused-ring (bicyclic) bond motifs is 2. The fourth-order valence-corrected chi connectivity index (χ4v) is 5.71. The van der Waals surface area contributed by atoms with E-state index < -0.39 is 6.10 Å². The lowest BCUT2D eigenvalue weighted by atomic mass is 9.77. The minimum absolute atomic E-state index is 0.266. The summed E-state index contributed by atoms with van der Waals surface area (Å²) >= 11 is 0. The molecule has 1 atom stereocenters. The highest BCUT2D eigenvalue weighted by atomic mass is 16.5. The molecule has 3 aliphatic rings. The van der Waals surface area contributed by atoms with Crippen LogP contribution in [0.15, 0.2) is 30.6 Å². The van der Waals surface area contributed by atoms with E-state index in [1.807, 2.05) is 25.1 Å². The third-order valence-electron chi connectivity index (χ3n) is 7.82. The van der Waals surface area contributed by atoms with E-state index in [0.717, 1.165) is 67.2 Å². The van der Waals surface area contributed by atoms with Crippen LogP contribution in [0.25, 0.3) is 5.65 Å². The van der Waals surface area contributed by atoms with Gasteiger partial charge in [-0.15, -0.1) is 15.3 Å². The van der Waals surface area contributed by atoms with Crippen LogP contribution in [0.4, 0.5) is 5.82 Å². The van der Waals surface area contributed by atoms with Crippen molar-refractivity contribution in [2.75, 3.05) is 37.6 Å². The van der Waals surface area contributed by atoms with Crippen molar-refractivity contribution in [3.05, 3.63) is 52.8 Å². The average molecular weight is 449 g/mol. The zero-order chi connectivity index (χ0) is 22.6. The predicted octanol–water partition coefficient (Wildman–Crippen LogP) is 2.13. The van der Waals surface area contributed by atoms with Gasteiger partial charge in [0.05, 0.1) is 11.7 Å². The number of β-amino-alcohol motifs (C(OH)–C–C–N with tert-alkyl or cyclic N) is 1. The number of aliphatic hydroxyl groups is 1. The minimum atomic E-state index is -0.570. The van der Waals surface area contributed by atoms with E-state index in [1.54, 1.807) is 16.9 Å². The molecule has 9 nitrogen and oxygen atoms in total. The van der Waals surface area contributed by atoms with Crippen molar-refractivity contribution in [2.45, 2.75) is 38.9 Å². The fraction of sp³-hybridized carbons (Fsp3) is 0.500. The zero-order valence-electron chi connectivity index (χ0n) is 18.8. The summed E-state index contributed by atoms with van der Waals surface area (Å²) in [7, 11) is 0. The molecule has 0 radical (unpaired) electrons. The number of aromatic nitrogens is 4. The Morgan fingerprint density at radius 3 is 2.82 bits per heavy atom. The number of ether oxygens (including phenoxy) is 1. The number of cyclic esters (lactones) is 1. The summed E-state index contributed by atoms with van der Waals surface area (Å²) in [5.74, 6) is 0.712. The van der Waals surface area contributed by atoms with E-state index in [4.69, 9.17) is 4.74 Å². The molecular weight excluding hydrogens is 420 g/mol. The Hall–Kier alpha value is -3.04. The molecule has 3 aliphatic heterocycles. The molecule has 9 heteroatoms. The molecule has 0 amide bonds. The fourth-order valence-electron chi connectivity index (χ4n) is 5.71. The zero-order valence-corrected chi connectivity index (χ0v) is 18.8. The molecule has 0 aliphatic carbocycles. The topological polar surface area (TPSA) is 96.1 Å². The van der Waals surface area contributed by atoms with Gasteiger partial charge in [0.25, 0.3) is 0 Å². The van der Waals surface area contributed by atoms with Gasteiger partial charge in [0.1, 0.15) is 18.8 Å². The van der Waals surface area contributed by atoms with Gasteiger partial charge in [-0.05, 0) is 74.0 Å². The molecule has 5 heterocycles. The number of likely N-dealkylation sites (tertiary alicyclic amines) is 1. The molecule has 0 saturated carbocycles. The maximum Gasteiger partial charge on any atom is 0.338 e. The maximum absolute atomic E-state index is 11.8. The van der Waals surface area contributed by atoms with Crippen LogP contribution in [0.5, 0.6) is 0 Å². The number of hydrogen-bond donors (Lipinski definition) is 1. The number of nitrogens with zero attached hydrogens (tertiary/aromatic N) is 6. The van der Waals surface area contributed by atoms with E-state index in [9.17, 15) is 9.90 Å². The van der Waals surface area contributed by atoms with Gasteiger partial charge in [0, 0.05) is 25.2 Å². The average Bonchev–Trinajstić information content (AvgIpc) is 3.55. The van der Waals surface area contributed by atoms with Crippen molar-refractivity contribution < 1.29 is 14.6 Å². The van der Waals surface area contributed by atoms with E-state index >= 15 is 0 Å². The van der Waals surface area contributed by atoms with Crippen molar-refractivity contribution in [1.29, 1.82) is 0 Å². The molecule has 0 bridgehead atoms. The normalized spacial score (nSPS) is 21.0. The second kappa shape index (κ2) is 7.78. The van der Waals surface area contributed by atoms with E-state index in [2.05, 4.69) is 25.1 Å². The number of esters is 1. The highest BCUT2D eigenvalue weighted by Crippen LogP contribution is 2.42. The van der Waals surface area contributed by atoms with E-state index in [1.165, 1.54) is 6.42 Å². The van der Waals surface area contributed by atoms with Gasteiger partial charge in [-0.25, -0.2) is 4.79 Å². The number of rotatable bonds is 4. The number of hydrogen-bond acceptors (Lipinski definition) is 8. The SMILES string of the molecule is Cc1c(C(O)CN2CCC3(CC2)CCN(c2ccc4nncn4n2)C3)ccc2c1COC2=O. The smallest absolute Gasteiger partial charge is 0.338 e. The largest absolute Gasteiger partial charge is 0.457 e. The summed E-state index contributed by atoms with van der Waals surface area (Å²) < 4.78 is 6.88. The first-order valence-corrected chi connectivity index (χ1v) is 11.6. The van der Waals surface area contributed by atoms with Gasteiger partial charge in [-0.3, -0.25) is 0 Å². The second-order valence-electron chi connectivity index (χ2n) is 9.70. The van der Waals surface area contributed by atoms with Crippen LogP contribution in [-0.2, 0) is 11.3 Å². The van der Waals surface area contributed by atoms with Gasteiger partial charge in [-0.1, -0.05) is 6.07 Å². The molecule has 1 unspecified atom stereocenters. The molecule has 2 aromatic heterocycles. The molecule has 1 spiro atoms. The Bertz CT molecular complexity index is 1220. The van der Waals surface area contributed by atoms with Crippen LogP contribution in [-0.4, -0.2) is 68.5 Å². The molecule has 1 N–H and O–H groups in total. The standard InChI is InChI=1S/C24H28N6O3/c1-16-17(2-3-18-19(16)13-33-23(18)32)20(31)12-28-9-6-24(7-10-28)8-11-29(14-24)22-5-4-21-26-25-15-30(21)27-22/h2-5,15,20,31H,6-14H2,1H3. The van der Waals surface area contributed by atoms with Crippen LogP contribution in [0, 0.1) is 12.3 Å². The number of benzene rings is 1. The lowest BCUT2D eigenvalue weighted by Gasteiger charge is -2.40. The number of carbonyl (C=O) groups excluding carboxylic acids is 1. The molecule has 2 saturated heterocycles. The van der Waals surface area contributed by atoms with Gasteiger partial charge in [0.2, 0.25) is 0 Å². The van der Waals surface area contributed by atoms with E-state index in [-0.39, 0.29) is 5.97 Å². The number of carbonyl (C=O) groups is 1. The molecule has 33 heavy (non-hydrogen) atoms. The van der Waals surface area contributed by atoms with Crippen LogP contribution < -0.4 is 4.90 Å². The third kappa shape index (κ3) is 3.55. The number of aliphatic hydroxyl groups excluding tert-OH is 1. The van der Waals surface area contributed by atoms with Crippen LogP contribution in [0.1, 0.15) is 52.4 Å². The Balaban J connectivity index is 1.08. The van der Waals surface area contributed by atoms with Crippen molar-refractivity contribution in [2.24, 2.45) is 5.41 Å². The summed E-state index contributed by atoms with van der Waals surface area (Å²) in [6.07, 6.45) is 4.48. The summed E-state index contributed by atoms with van der Waals surface area (Å²) in [5, 5.41) is 23.6. The number of anilines is 1. The van der Waals surface area contributed by atoms with Crippen molar-refractivity contribution >= 4 is 17.4 Å². The molecule has 1 aromatic carbocycles. The predicted molar refractivity (Wildman–Crippen MR) is 121 cm³/mol. The van der Waals surface area contributed by atoms with Crippen molar-refractivity contribution in [3.8, 4) is 0 Å². The van der Waals surface area contributed by atoms with E-state index in [0.29, 0.717) is 24.1 Å². The Morgan fingerprint density at radius 2 is 1.97 bits per heavy atom. The van der Waals surface area contributed by atoms with Gasteiger partial charge in [0.15, 0.2) is 5.65 Å². The summed E-state index contributed by atoms with van der Waals surface area (Å²) in [6, 6.07) is 7.67. The second-order valence-corrected chi connectivity index (χ2v) is 9.70. The molecule has 3 aromatic rings. The highest BCUT2D eigenvalue weighted by molar-refractivity contribution is 5.93. The minimum Gasteiger partial charge on any atom is -0.457 e. The van der Waals surface area contributed by atoms with Crippen molar-refractivity contribution in [1.82, 2.24) is 24.7 Å². The molecular formula is C24H28N6O3. The van der Waals surface area contributed by atoms with Crippen LogP contribution in [0.2, 0.25) is 0 Å². The van der Waals surface area contributed by atoms with Gasteiger partial charge >= 0.3 is 5.97 Å². The summed E-state index contributed by atoms with van der Waals surface area (Å²) in [6.45, 7) is 6.88. The monoisotopic (exact) mass is 448 g/mol. The van der Waals surface area contributed by atoms with Crippen LogP contribution in [0.3, 0.4) is 0 Å². The third-order valence-corrected chi connectivity index (χ3v) is 7.82. The van der Waals surface area contributed by atoms with Crippen LogP contribution >= 0.6 is 0 Å². The summed E-state index contributed by atoms with van der Waals surface area (Å²) in [5.41, 5.74) is 4.49. The first kappa shape index (κ1) is 20.6. The lowest BCUT2D eigenvalue weighted by molar-refractivity contribution is 0.0534. The number of piperidine rings is 1. The first-order valence-electron chi connectivity index (χ1n) is 11.6. The van der Waals surface area contributed by atoms with Gasteiger partial charge in [-0.2, -0.15) is 4.52 Å². The van der Waals surface area contributed by atoms with Gasteiger partial charge < -0.3 is 19.6 Å². The Labute approximate surface area is 192 Å². The first-order chi connectivity index (χ1) is 16.0. The Kier molecular flexibility index (Phi) is 4.84. The summed E-state index contributed by atoms with van der Waals surface area (Å²) in [4.78, 5) is 16.5. The molecule has 172 valence electrons. The molecule has 2 fully saturated rings. The lowest BCUT2D eigenvalue weighted by Crippen LogP contribution is -2.43. The van der Waals surface area contributed by atoms with Crippen molar-refractivity contribution in [3.63, 3.8) is 0 Å².